The van der Waals surface area contributed by atoms with Gasteiger partial charge in [0, 0.05) is 27.9 Å². The summed E-state index contributed by atoms with van der Waals surface area (Å²) < 4.78 is 7.39. The van der Waals surface area contributed by atoms with Gasteiger partial charge in [-0.2, -0.15) is 5.10 Å². The first-order valence-electron chi connectivity index (χ1n) is 11.8. The fraction of sp³-hybridized carbons (Fsp3) is 0.179. The third-order valence-corrected chi connectivity index (χ3v) is 7.31. The van der Waals surface area contributed by atoms with Crippen molar-refractivity contribution in [3.63, 3.8) is 0 Å². The van der Waals surface area contributed by atoms with Crippen LogP contribution < -0.4 is 20.4 Å². The molecule has 0 atom stereocenters. The number of anilines is 1. The monoisotopic (exact) mass is 756 g/mol. The summed E-state index contributed by atoms with van der Waals surface area (Å²) in [6, 6.07) is 18.3. The van der Waals surface area contributed by atoms with Gasteiger partial charge in [0.05, 0.1) is 27.5 Å². The highest BCUT2D eigenvalue weighted by Crippen LogP contribution is 2.27. The topological polar surface area (TPSA) is 83.0 Å². The Bertz CT molecular complexity index is 1360. The van der Waals surface area contributed by atoms with Gasteiger partial charge in [-0.3, -0.25) is 9.59 Å². The second-order valence-corrected chi connectivity index (χ2v) is 10.8. The zero-order chi connectivity index (χ0) is 27.7. The largest absolute Gasteiger partial charge is 0.495 e. The zero-order valence-electron chi connectivity index (χ0n) is 21.1. The molecule has 3 aromatic carbocycles. The Morgan fingerprint density at radius 3 is 2.37 bits per heavy atom. The molecule has 0 unspecified atom stereocenters. The van der Waals surface area contributed by atoms with Gasteiger partial charge in [-0.25, -0.2) is 5.43 Å². The van der Waals surface area contributed by atoms with Crippen LogP contribution in [-0.2, 0) is 4.79 Å². The maximum Gasteiger partial charge on any atom is 0.287 e. The Morgan fingerprint density at radius 1 is 1.05 bits per heavy atom. The molecule has 0 radical (unpaired) electrons. The molecule has 2 amide bonds. The highest BCUT2D eigenvalue weighted by Gasteiger charge is 2.17. The Kier molecular flexibility index (Phi) is 11.4. The van der Waals surface area contributed by atoms with Crippen molar-refractivity contribution in [1.82, 2.24) is 10.7 Å². The highest BCUT2D eigenvalue weighted by molar-refractivity contribution is 14.1. The maximum atomic E-state index is 13.2. The lowest BCUT2D eigenvalue weighted by Crippen LogP contribution is -2.33. The van der Waals surface area contributed by atoms with Crippen LogP contribution >= 0.6 is 56.8 Å². The van der Waals surface area contributed by atoms with Gasteiger partial charge >= 0.3 is 0 Å². The van der Waals surface area contributed by atoms with Gasteiger partial charge in [0.2, 0.25) is 0 Å². The number of nitrogens with one attached hydrogen (secondary N) is 2. The minimum Gasteiger partial charge on any atom is -0.495 e. The number of hydrogen-bond acceptors (Lipinski definition) is 5. The summed E-state index contributed by atoms with van der Waals surface area (Å²) in [4.78, 5) is 28.3. The number of rotatable bonds is 10. The lowest BCUT2D eigenvalue weighted by atomic mass is 10.1. The second-order valence-electron chi connectivity index (χ2n) is 7.97. The molecule has 3 rings (SSSR count). The molecule has 0 aliphatic heterocycles. The molecular formula is C28H27ClI2N4O3. The molecular weight excluding hydrogens is 730 g/mol. The van der Waals surface area contributed by atoms with E-state index in [4.69, 9.17) is 16.3 Å². The molecule has 0 saturated carbocycles. The zero-order valence-corrected chi connectivity index (χ0v) is 26.2. The third kappa shape index (κ3) is 7.93. The molecule has 0 fully saturated rings. The number of amides is 2. The summed E-state index contributed by atoms with van der Waals surface area (Å²) in [7, 11) is 1.58. The summed E-state index contributed by atoms with van der Waals surface area (Å²) in [6.07, 6.45) is 3.11. The molecule has 0 aromatic heterocycles. The number of carbonyl (C=O) groups is 2. The van der Waals surface area contributed by atoms with Crippen LogP contribution in [0.2, 0.25) is 5.02 Å². The number of methoxy groups -OCH3 is 1. The van der Waals surface area contributed by atoms with E-state index in [1.165, 1.54) is 6.21 Å². The smallest absolute Gasteiger partial charge is 0.287 e. The van der Waals surface area contributed by atoms with E-state index in [0.717, 1.165) is 31.5 Å². The number of benzene rings is 3. The van der Waals surface area contributed by atoms with Crippen LogP contribution in [0.4, 0.5) is 5.69 Å². The molecule has 0 heterocycles. The number of halogens is 3. The Labute approximate surface area is 254 Å². The molecule has 3 aromatic rings. The molecule has 0 saturated heterocycles. The van der Waals surface area contributed by atoms with E-state index in [-0.39, 0.29) is 16.3 Å². The fourth-order valence-corrected chi connectivity index (χ4v) is 5.97. The predicted molar refractivity (Wildman–Crippen MR) is 171 cm³/mol. The Morgan fingerprint density at radius 2 is 1.74 bits per heavy atom. The first kappa shape index (κ1) is 29.9. The summed E-state index contributed by atoms with van der Waals surface area (Å²) >= 11 is 10.6. The van der Waals surface area contributed by atoms with Crippen molar-refractivity contribution in [1.29, 1.82) is 0 Å². The number of carbonyl (C=O) groups excluding carboxylic acids is 2. The molecule has 2 N–H and O–H groups in total. The first-order valence-corrected chi connectivity index (χ1v) is 14.3. The van der Waals surface area contributed by atoms with Crippen LogP contribution in [0.15, 0.2) is 71.5 Å². The van der Waals surface area contributed by atoms with Gasteiger partial charge < -0.3 is 15.0 Å². The quantitative estimate of drug-likeness (QED) is 0.110. The number of nitrogens with zero attached hydrogens (tertiary/aromatic N) is 2. The Balaban J connectivity index is 1.89. The second kappa shape index (κ2) is 14.5. The standard InChI is InChI=1S/C28H27ClI2N4O3/c1-4-35(5-2)21-12-10-18(11-13-21)14-25(33-27(36)22-8-6-7-9-23(22)29)28(37)34-32-17-19-15-20(30)16-24(31)26(19)38-3/h6-17H,4-5H2,1-3H3,(H,33,36)(H,34,37)/b25-14-,32-17?. The molecule has 0 aliphatic rings. The van der Waals surface area contributed by atoms with Crippen LogP contribution in [0, 0.1) is 7.14 Å². The van der Waals surface area contributed by atoms with Crippen molar-refractivity contribution in [3.05, 3.63) is 95.2 Å². The minimum atomic E-state index is -0.589. The van der Waals surface area contributed by atoms with Gasteiger partial charge in [0.25, 0.3) is 11.8 Å². The van der Waals surface area contributed by atoms with E-state index in [2.05, 4.69) is 79.8 Å². The Hall–Kier alpha value is -2.64. The third-order valence-electron chi connectivity index (χ3n) is 5.55. The van der Waals surface area contributed by atoms with E-state index in [0.29, 0.717) is 11.3 Å². The summed E-state index contributed by atoms with van der Waals surface area (Å²) in [5.41, 5.74) is 5.31. The normalized spacial score (nSPS) is 11.4. The van der Waals surface area contributed by atoms with Crippen LogP contribution in [-0.4, -0.2) is 38.2 Å². The number of ether oxygens (including phenoxy) is 1. The lowest BCUT2D eigenvalue weighted by Gasteiger charge is -2.21. The average Bonchev–Trinajstić information content (AvgIpc) is 2.90. The molecule has 0 spiro atoms. The summed E-state index contributed by atoms with van der Waals surface area (Å²) in [5.74, 6) is -0.441. The van der Waals surface area contributed by atoms with Gasteiger partial charge in [-0.15, -0.1) is 0 Å². The van der Waals surface area contributed by atoms with E-state index in [1.807, 2.05) is 36.4 Å². The van der Waals surface area contributed by atoms with Crippen LogP contribution in [0.3, 0.4) is 0 Å². The van der Waals surface area contributed by atoms with E-state index in [9.17, 15) is 9.59 Å². The SMILES string of the molecule is CCN(CC)c1ccc(/C=C(\NC(=O)c2ccccc2Cl)C(=O)NN=Cc2cc(I)cc(I)c2OC)cc1. The van der Waals surface area contributed by atoms with Crippen molar-refractivity contribution in [2.75, 3.05) is 25.1 Å². The predicted octanol–water partition coefficient (Wildman–Crippen LogP) is 6.33. The van der Waals surface area contributed by atoms with Gasteiger partial charge in [0.15, 0.2) is 0 Å². The van der Waals surface area contributed by atoms with Gasteiger partial charge in [-0.05, 0) is 107 Å². The van der Waals surface area contributed by atoms with Crippen molar-refractivity contribution >= 4 is 86.6 Å². The van der Waals surface area contributed by atoms with E-state index >= 15 is 0 Å². The summed E-state index contributed by atoms with van der Waals surface area (Å²) in [6.45, 7) is 5.96. The van der Waals surface area contributed by atoms with E-state index in [1.54, 1.807) is 37.5 Å². The number of hydrogen-bond donors (Lipinski definition) is 2. The van der Waals surface area contributed by atoms with Crippen LogP contribution in [0.1, 0.15) is 35.3 Å². The molecule has 10 heteroatoms. The fourth-order valence-electron chi connectivity index (χ4n) is 3.64. The summed E-state index contributed by atoms with van der Waals surface area (Å²) in [5, 5.41) is 7.09. The van der Waals surface area contributed by atoms with Gasteiger partial charge in [-0.1, -0.05) is 35.9 Å². The van der Waals surface area contributed by atoms with Crippen LogP contribution in [0.5, 0.6) is 5.75 Å². The number of hydrazone groups is 1. The molecule has 0 bridgehead atoms. The molecule has 198 valence electrons. The van der Waals surface area contributed by atoms with Crippen molar-refractivity contribution in [3.8, 4) is 5.75 Å². The van der Waals surface area contributed by atoms with Crippen molar-refractivity contribution in [2.24, 2.45) is 5.10 Å². The molecule has 38 heavy (non-hydrogen) atoms. The molecule has 7 nitrogen and oxygen atoms in total. The minimum absolute atomic E-state index is 0.0202. The van der Waals surface area contributed by atoms with Gasteiger partial charge in [0.1, 0.15) is 11.4 Å². The lowest BCUT2D eigenvalue weighted by molar-refractivity contribution is -0.117. The maximum absolute atomic E-state index is 13.2. The highest BCUT2D eigenvalue weighted by atomic mass is 127. The van der Waals surface area contributed by atoms with E-state index < -0.39 is 11.8 Å². The van der Waals surface area contributed by atoms with Crippen molar-refractivity contribution < 1.29 is 14.3 Å². The van der Waals surface area contributed by atoms with Crippen LogP contribution in [0.25, 0.3) is 6.08 Å². The average molecular weight is 757 g/mol. The molecule has 0 aliphatic carbocycles. The first-order chi connectivity index (χ1) is 18.3. The van der Waals surface area contributed by atoms with Crippen molar-refractivity contribution in [2.45, 2.75) is 13.8 Å².